The summed E-state index contributed by atoms with van der Waals surface area (Å²) in [5, 5.41) is 1.38. The number of hydrogen-bond donors (Lipinski definition) is 1. The van der Waals surface area contributed by atoms with Crippen LogP contribution in [0, 0.1) is 11.6 Å². The minimum Gasteiger partial charge on any atom is -0.324 e. The third-order valence-corrected chi connectivity index (χ3v) is 5.27. The Morgan fingerprint density at radius 1 is 1.31 bits per heavy atom. The van der Waals surface area contributed by atoms with Gasteiger partial charge in [0.2, 0.25) is 11.8 Å². The summed E-state index contributed by atoms with van der Waals surface area (Å²) >= 11 is 7.08. The molecule has 1 aliphatic rings. The lowest BCUT2D eigenvalue weighted by atomic mass is 10.1. The number of alkyl halides is 1. The normalized spacial score (nSPS) is 18.1. The second-order valence-electron chi connectivity index (χ2n) is 5.72. The first kappa shape index (κ1) is 18.7. The molecule has 1 saturated heterocycles. The zero-order valence-corrected chi connectivity index (χ0v) is 15.3. The van der Waals surface area contributed by atoms with Crippen LogP contribution in [0.1, 0.15) is 17.9 Å². The summed E-state index contributed by atoms with van der Waals surface area (Å²) in [4.78, 5) is 25.5. The maximum Gasteiger partial charge on any atom is 0.242 e. The maximum absolute atomic E-state index is 14.2. The third kappa shape index (κ3) is 3.68. The van der Waals surface area contributed by atoms with E-state index in [-0.39, 0.29) is 17.3 Å². The first-order valence-electron chi connectivity index (χ1n) is 7.81. The first-order valence-corrected chi connectivity index (χ1v) is 9.29. The van der Waals surface area contributed by atoms with Gasteiger partial charge in [0.25, 0.3) is 0 Å². The van der Waals surface area contributed by atoms with Crippen LogP contribution in [0.2, 0.25) is 0 Å². The van der Waals surface area contributed by atoms with E-state index in [0.29, 0.717) is 11.3 Å². The molecule has 0 unspecified atom stereocenters. The van der Waals surface area contributed by atoms with Gasteiger partial charge in [-0.3, -0.25) is 14.5 Å². The molecule has 1 aliphatic heterocycles. The Balaban J connectivity index is 2.02. The number of halogens is 3. The molecule has 26 heavy (non-hydrogen) atoms. The van der Waals surface area contributed by atoms with E-state index in [4.69, 9.17) is 11.6 Å². The van der Waals surface area contributed by atoms with Crippen LogP contribution in [-0.4, -0.2) is 22.9 Å². The molecule has 2 aromatic carbocycles. The van der Waals surface area contributed by atoms with E-state index >= 15 is 0 Å². The summed E-state index contributed by atoms with van der Waals surface area (Å²) in [6.45, 7) is 1.54. The van der Waals surface area contributed by atoms with Crippen molar-refractivity contribution in [3.05, 3.63) is 59.7 Å². The van der Waals surface area contributed by atoms with Crippen LogP contribution < -0.4 is 10.2 Å². The van der Waals surface area contributed by atoms with E-state index in [1.54, 1.807) is 31.2 Å². The highest BCUT2D eigenvalue weighted by molar-refractivity contribution is 8.00. The lowest BCUT2D eigenvalue weighted by molar-refractivity contribution is -0.116. The Hall–Kier alpha value is -2.12. The SMILES string of the molecule is C[C@H](Cl)C(=O)Nc1ccccc1[C@@H]1SCC(=O)N1c1cc(F)ccc1F. The fraction of sp³-hybridized carbons (Fsp3) is 0.222. The van der Waals surface area contributed by atoms with Gasteiger partial charge in [0.05, 0.1) is 11.4 Å². The number of thioether (sulfide) groups is 1. The number of carbonyl (C=O) groups excluding carboxylic acids is 2. The fourth-order valence-corrected chi connectivity index (χ4v) is 3.90. The number of benzene rings is 2. The topological polar surface area (TPSA) is 49.4 Å². The van der Waals surface area contributed by atoms with Crippen LogP contribution >= 0.6 is 23.4 Å². The number of nitrogens with one attached hydrogen (secondary N) is 1. The highest BCUT2D eigenvalue weighted by Gasteiger charge is 2.37. The number of rotatable bonds is 4. The van der Waals surface area contributed by atoms with Gasteiger partial charge >= 0.3 is 0 Å². The van der Waals surface area contributed by atoms with Gasteiger partial charge in [-0.1, -0.05) is 18.2 Å². The number of carbonyl (C=O) groups is 2. The van der Waals surface area contributed by atoms with Crippen molar-refractivity contribution < 1.29 is 18.4 Å². The summed E-state index contributed by atoms with van der Waals surface area (Å²) < 4.78 is 27.9. The summed E-state index contributed by atoms with van der Waals surface area (Å²) in [5.41, 5.74) is 0.952. The van der Waals surface area contributed by atoms with E-state index in [1.807, 2.05) is 0 Å². The number of amides is 2. The predicted octanol–water partition coefficient (Wildman–Crippen LogP) is 4.31. The van der Waals surface area contributed by atoms with Gasteiger partial charge in [0, 0.05) is 17.3 Å². The van der Waals surface area contributed by atoms with E-state index in [0.717, 1.165) is 18.2 Å². The molecule has 2 amide bonds. The Morgan fingerprint density at radius 2 is 2.04 bits per heavy atom. The summed E-state index contributed by atoms with van der Waals surface area (Å²) in [5.74, 6) is -1.94. The lowest BCUT2D eigenvalue weighted by Crippen LogP contribution is -2.30. The molecule has 0 spiro atoms. The molecule has 2 atom stereocenters. The van der Waals surface area contributed by atoms with Crippen LogP contribution in [0.15, 0.2) is 42.5 Å². The summed E-state index contributed by atoms with van der Waals surface area (Å²) in [6, 6.07) is 9.86. The van der Waals surface area contributed by atoms with Crippen molar-refractivity contribution in [3.63, 3.8) is 0 Å². The number of nitrogens with zero attached hydrogens (tertiary/aromatic N) is 1. The molecule has 0 bridgehead atoms. The van der Waals surface area contributed by atoms with Crippen LogP contribution in [0.3, 0.4) is 0 Å². The van der Waals surface area contributed by atoms with Gasteiger partial charge < -0.3 is 5.32 Å². The Morgan fingerprint density at radius 3 is 2.77 bits per heavy atom. The van der Waals surface area contributed by atoms with E-state index < -0.39 is 28.3 Å². The van der Waals surface area contributed by atoms with Crippen molar-refractivity contribution in [2.24, 2.45) is 0 Å². The minimum absolute atomic E-state index is 0.120. The summed E-state index contributed by atoms with van der Waals surface area (Å²) in [6.07, 6.45) is 0. The van der Waals surface area contributed by atoms with Crippen molar-refractivity contribution in [2.45, 2.75) is 17.7 Å². The van der Waals surface area contributed by atoms with Gasteiger partial charge in [-0.15, -0.1) is 23.4 Å². The first-order chi connectivity index (χ1) is 12.4. The summed E-state index contributed by atoms with van der Waals surface area (Å²) in [7, 11) is 0. The van der Waals surface area contributed by atoms with Crippen molar-refractivity contribution in [3.8, 4) is 0 Å². The number of para-hydroxylation sites is 1. The van der Waals surface area contributed by atoms with Gasteiger partial charge in [-0.2, -0.15) is 0 Å². The zero-order valence-electron chi connectivity index (χ0n) is 13.7. The standard InChI is InChI=1S/C18H15ClF2N2O2S/c1-10(19)17(25)22-14-5-3-2-4-12(14)18-23(16(24)9-26-18)15-8-11(20)6-7-13(15)21/h2-8,10,18H,9H2,1H3,(H,22,25)/t10-,18-/m0/s1. The van der Waals surface area contributed by atoms with Gasteiger partial charge in [0.15, 0.2) is 0 Å². The monoisotopic (exact) mass is 396 g/mol. The van der Waals surface area contributed by atoms with Crippen molar-refractivity contribution >= 4 is 46.6 Å². The molecule has 0 radical (unpaired) electrons. The molecule has 0 aromatic heterocycles. The molecule has 1 N–H and O–H groups in total. The van der Waals surface area contributed by atoms with Gasteiger partial charge in [-0.05, 0) is 25.1 Å². The average Bonchev–Trinajstić information content (AvgIpc) is 2.98. The van der Waals surface area contributed by atoms with E-state index in [1.165, 1.54) is 16.7 Å². The molecule has 8 heteroatoms. The lowest BCUT2D eigenvalue weighted by Gasteiger charge is -2.26. The highest BCUT2D eigenvalue weighted by atomic mass is 35.5. The Kier molecular flexibility index (Phi) is 5.48. The molecule has 1 heterocycles. The average molecular weight is 397 g/mol. The smallest absolute Gasteiger partial charge is 0.242 e. The second-order valence-corrected chi connectivity index (χ2v) is 7.44. The second kappa shape index (κ2) is 7.63. The molecule has 0 saturated carbocycles. The number of hydrogen-bond acceptors (Lipinski definition) is 3. The minimum atomic E-state index is -0.738. The number of anilines is 2. The molecule has 1 fully saturated rings. The van der Waals surface area contributed by atoms with Crippen molar-refractivity contribution in [1.29, 1.82) is 0 Å². The van der Waals surface area contributed by atoms with Crippen LogP contribution in [0.25, 0.3) is 0 Å². The van der Waals surface area contributed by atoms with Crippen LogP contribution in [0.4, 0.5) is 20.2 Å². The van der Waals surface area contributed by atoms with Crippen molar-refractivity contribution in [2.75, 3.05) is 16.0 Å². The van der Waals surface area contributed by atoms with Crippen LogP contribution in [0.5, 0.6) is 0 Å². The molecular formula is C18H15ClF2N2O2S. The third-order valence-electron chi connectivity index (χ3n) is 3.88. The maximum atomic E-state index is 14.2. The van der Waals surface area contributed by atoms with Crippen LogP contribution in [-0.2, 0) is 9.59 Å². The van der Waals surface area contributed by atoms with Gasteiger partial charge in [0.1, 0.15) is 22.4 Å². The zero-order chi connectivity index (χ0) is 18.8. The molecule has 2 aromatic rings. The molecule has 3 rings (SSSR count). The molecular weight excluding hydrogens is 382 g/mol. The molecule has 136 valence electrons. The van der Waals surface area contributed by atoms with Crippen molar-refractivity contribution in [1.82, 2.24) is 0 Å². The fourth-order valence-electron chi connectivity index (χ4n) is 2.64. The Labute approximate surface area is 158 Å². The molecule has 4 nitrogen and oxygen atoms in total. The quantitative estimate of drug-likeness (QED) is 0.783. The largest absolute Gasteiger partial charge is 0.324 e. The van der Waals surface area contributed by atoms with E-state index in [2.05, 4.69) is 5.32 Å². The highest BCUT2D eigenvalue weighted by Crippen LogP contribution is 2.45. The molecule has 0 aliphatic carbocycles. The van der Waals surface area contributed by atoms with Gasteiger partial charge in [-0.25, -0.2) is 8.78 Å². The Bertz CT molecular complexity index is 863. The predicted molar refractivity (Wildman–Crippen MR) is 99.4 cm³/mol. The van der Waals surface area contributed by atoms with E-state index in [9.17, 15) is 18.4 Å².